The minimum atomic E-state index is -0.179. The molecule has 1 fully saturated rings. The number of ether oxygens (including phenoxy) is 2. The third-order valence-corrected chi connectivity index (χ3v) is 6.16. The van der Waals surface area contributed by atoms with Crippen molar-refractivity contribution in [2.75, 3.05) is 7.11 Å². The fourth-order valence-corrected chi connectivity index (χ4v) is 4.42. The SMILES string of the molecule is CCn1ccc2cc(-c3cc(CCC(=O)OC)ccc3OC3CCCCC3)ccc21. The van der Waals surface area contributed by atoms with Gasteiger partial charge in [-0.15, -0.1) is 0 Å². The van der Waals surface area contributed by atoms with Crippen LogP contribution in [0.4, 0.5) is 0 Å². The number of hydrogen-bond donors (Lipinski definition) is 0. The Morgan fingerprint density at radius 2 is 1.90 bits per heavy atom. The molecule has 0 atom stereocenters. The molecule has 0 unspecified atom stereocenters. The normalized spacial score (nSPS) is 14.7. The predicted molar refractivity (Wildman–Crippen MR) is 121 cm³/mol. The molecule has 4 heteroatoms. The first-order valence-electron chi connectivity index (χ1n) is 11.1. The fourth-order valence-electron chi connectivity index (χ4n) is 4.42. The number of hydrogen-bond acceptors (Lipinski definition) is 3. The first-order valence-corrected chi connectivity index (χ1v) is 11.1. The first-order chi connectivity index (χ1) is 14.7. The molecule has 158 valence electrons. The number of benzene rings is 2. The Kier molecular flexibility index (Phi) is 6.41. The van der Waals surface area contributed by atoms with E-state index in [1.807, 2.05) is 0 Å². The zero-order chi connectivity index (χ0) is 20.9. The molecule has 30 heavy (non-hydrogen) atoms. The lowest BCUT2D eigenvalue weighted by Crippen LogP contribution is -2.20. The number of nitrogens with zero attached hydrogens (tertiary/aromatic N) is 1. The van der Waals surface area contributed by atoms with Crippen molar-refractivity contribution in [2.45, 2.75) is 64.5 Å². The summed E-state index contributed by atoms with van der Waals surface area (Å²) in [5.41, 5.74) is 4.63. The van der Waals surface area contributed by atoms with Crippen molar-refractivity contribution in [1.82, 2.24) is 4.57 Å². The van der Waals surface area contributed by atoms with E-state index in [9.17, 15) is 4.79 Å². The molecular formula is C26H31NO3. The lowest BCUT2D eigenvalue weighted by atomic mass is 9.96. The van der Waals surface area contributed by atoms with Gasteiger partial charge in [-0.05, 0) is 80.5 Å². The van der Waals surface area contributed by atoms with Gasteiger partial charge in [0.15, 0.2) is 0 Å². The van der Waals surface area contributed by atoms with Crippen LogP contribution in [0.2, 0.25) is 0 Å². The minimum absolute atomic E-state index is 0.179. The summed E-state index contributed by atoms with van der Waals surface area (Å²) in [7, 11) is 1.44. The highest BCUT2D eigenvalue weighted by Gasteiger charge is 2.18. The van der Waals surface area contributed by atoms with Crippen molar-refractivity contribution in [2.24, 2.45) is 0 Å². The van der Waals surface area contributed by atoms with E-state index in [1.54, 1.807) is 0 Å². The topological polar surface area (TPSA) is 40.5 Å². The maximum absolute atomic E-state index is 11.6. The molecule has 0 bridgehead atoms. The van der Waals surface area contributed by atoms with Crippen molar-refractivity contribution in [3.8, 4) is 16.9 Å². The Balaban J connectivity index is 1.68. The summed E-state index contributed by atoms with van der Waals surface area (Å²) in [5, 5.41) is 1.23. The highest BCUT2D eigenvalue weighted by molar-refractivity contribution is 5.87. The number of carbonyl (C=O) groups excluding carboxylic acids is 1. The third-order valence-electron chi connectivity index (χ3n) is 6.16. The Morgan fingerprint density at radius 3 is 2.67 bits per heavy atom. The van der Waals surface area contributed by atoms with E-state index in [4.69, 9.17) is 9.47 Å². The van der Waals surface area contributed by atoms with Crippen molar-refractivity contribution in [3.05, 3.63) is 54.2 Å². The minimum Gasteiger partial charge on any atom is -0.490 e. The highest BCUT2D eigenvalue weighted by Crippen LogP contribution is 2.36. The van der Waals surface area contributed by atoms with E-state index in [2.05, 4.69) is 60.2 Å². The Morgan fingerprint density at radius 1 is 1.07 bits per heavy atom. The molecule has 4 rings (SSSR count). The van der Waals surface area contributed by atoms with Crippen LogP contribution in [0.5, 0.6) is 5.75 Å². The summed E-state index contributed by atoms with van der Waals surface area (Å²) in [4.78, 5) is 11.6. The Bertz CT molecular complexity index is 1010. The summed E-state index contributed by atoms with van der Waals surface area (Å²) in [5.74, 6) is 0.763. The van der Waals surface area contributed by atoms with Gasteiger partial charge >= 0.3 is 5.97 Å². The van der Waals surface area contributed by atoms with Gasteiger partial charge in [0.1, 0.15) is 5.75 Å². The zero-order valence-electron chi connectivity index (χ0n) is 18.0. The van der Waals surface area contributed by atoms with Crippen molar-refractivity contribution < 1.29 is 14.3 Å². The van der Waals surface area contributed by atoms with Gasteiger partial charge < -0.3 is 14.0 Å². The molecule has 1 aromatic heterocycles. The van der Waals surface area contributed by atoms with Crippen LogP contribution in [0.25, 0.3) is 22.0 Å². The molecule has 1 aliphatic carbocycles. The summed E-state index contributed by atoms with van der Waals surface area (Å²) < 4.78 is 13.5. The molecule has 3 aromatic rings. The van der Waals surface area contributed by atoms with E-state index in [1.165, 1.54) is 37.3 Å². The molecule has 0 amide bonds. The molecule has 0 saturated heterocycles. The average molecular weight is 406 g/mol. The quantitative estimate of drug-likeness (QED) is 0.443. The number of rotatable bonds is 7. The van der Waals surface area contributed by atoms with Gasteiger partial charge in [-0.1, -0.05) is 18.6 Å². The lowest BCUT2D eigenvalue weighted by molar-refractivity contribution is -0.140. The van der Waals surface area contributed by atoms with Crippen LogP contribution < -0.4 is 4.74 Å². The largest absolute Gasteiger partial charge is 0.490 e. The van der Waals surface area contributed by atoms with Crippen molar-refractivity contribution in [1.29, 1.82) is 0 Å². The lowest BCUT2D eigenvalue weighted by Gasteiger charge is -2.25. The van der Waals surface area contributed by atoms with E-state index >= 15 is 0 Å². The molecule has 4 nitrogen and oxygen atoms in total. The number of aryl methyl sites for hydroxylation is 2. The van der Waals surface area contributed by atoms with Crippen LogP contribution in [0, 0.1) is 0 Å². The van der Waals surface area contributed by atoms with Gasteiger partial charge in [0.2, 0.25) is 0 Å². The Hall–Kier alpha value is -2.75. The number of carbonyl (C=O) groups is 1. The number of fused-ring (bicyclic) bond motifs is 1. The molecule has 0 spiro atoms. The highest BCUT2D eigenvalue weighted by atomic mass is 16.5. The first kappa shape index (κ1) is 20.5. The van der Waals surface area contributed by atoms with Crippen molar-refractivity contribution in [3.63, 3.8) is 0 Å². The van der Waals surface area contributed by atoms with Gasteiger partial charge in [-0.2, -0.15) is 0 Å². The van der Waals surface area contributed by atoms with Crippen LogP contribution in [-0.2, 0) is 22.5 Å². The van der Waals surface area contributed by atoms with Gasteiger partial charge in [0.05, 0.1) is 13.2 Å². The summed E-state index contributed by atoms with van der Waals surface area (Å²) in [6.45, 7) is 3.12. The van der Waals surface area contributed by atoms with Gasteiger partial charge in [0, 0.05) is 35.6 Å². The smallest absolute Gasteiger partial charge is 0.305 e. The molecule has 0 aliphatic heterocycles. The molecule has 0 N–H and O–H groups in total. The monoisotopic (exact) mass is 405 g/mol. The summed E-state index contributed by atoms with van der Waals surface area (Å²) >= 11 is 0. The standard InChI is InChI=1S/C26H31NO3/c1-3-27-16-15-21-18-20(11-12-24(21)27)23-17-19(10-14-26(28)29-2)9-13-25(23)30-22-7-5-4-6-8-22/h9,11-13,15-18,22H,3-8,10,14H2,1-2H3. The maximum atomic E-state index is 11.6. The molecule has 1 saturated carbocycles. The fraction of sp³-hybridized carbons (Fsp3) is 0.423. The number of aromatic nitrogens is 1. The van der Waals surface area contributed by atoms with E-state index < -0.39 is 0 Å². The number of methoxy groups -OCH3 is 1. The van der Waals surface area contributed by atoms with Gasteiger partial charge in [-0.3, -0.25) is 4.79 Å². The molecule has 1 heterocycles. The molecular weight excluding hydrogens is 374 g/mol. The van der Waals surface area contributed by atoms with Gasteiger partial charge in [0.25, 0.3) is 0 Å². The van der Waals surface area contributed by atoms with Crippen LogP contribution in [0.3, 0.4) is 0 Å². The van der Waals surface area contributed by atoms with Crippen molar-refractivity contribution >= 4 is 16.9 Å². The van der Waals surface area contributed by atoms with E-state index in [0.717, 1.165) is 41.8 Å². The second-order valence-electron chi connectivity index (χ2n) is 8.16. The number of esters is 1. The molecule has 2 aromatic carbocycles. The summed E-state index contributed by atoms with van der Waals surface area (Å²) in [6.07, 6.45) is 9.54. The van der Waals surface area contributed by atoms with Crippen LogP contribution in [0.1, 0.15) is 51.0 Å². The second kappa shape index (κ2) is 9.38. The molecule has 1 aliphatic rings. The zero-order valence-corrected chi connectivity index (χ0v) is 18.0. The molecule has 0 radical (unpaired) electrons. The predicted octanol–water partition coefficient (Wildman–Crippen LogP) is 6.15. The third kappa shape index (κ3) is 4.53. The van der Waals surface area contributed by atoms with Crippen LogP contribution in [-0.4, -0.2) is 23.8 Å². The summed E-state index contributed by atoms with van der Waals surface area (Å²) in [6, 6.07) is 15.1. The Labute approximate surface area is 178 Å². The van der Waals surface area contributed by atoms with E-state index in [0.29, 0.717) is 18.9 Å². The average Bonchev–Trinajstić information content (AvgIpc) is 3.21. The van der Waals surface area contributed by atoms with Crippen LogP contribution in [0.15, 0.2) is 48.7 Å². The van der Waals surface area contributed by atoms with Crippen LogP contribution >= 0.6 is 0 Å². The maximum Gasteiger partial charge on any atom is 0.305 e. The van der Waals surface area contributed by atoms with Gasteiger partial charge in [-0.25, -0.2) is 0 Å². The van der Waals surface area contributed by atoms with E-state index in [-0.39, 0.29) is 5.97 Å². The second-order valence-corrected chi connectivity index (χ2v) is 8.16.